The van der Waals surface area contributed by atoms with E-state index in [9.17, 15) is 9.59 Å². The van der Waals surface area contributed by atoms with Gasteiger partial charge in [0.15, 0.2) is 5.69 Å². The summed E-state index contributed by atoms with van der Waals surface area (Å²) in [7, 11) is 0. The van der Waals surface area contributed by atoms with Crippen molar-refractivity contribution in [3.05, 3.63) is 69.5 Å². The third-order valence-electron chi connectivity index (χ3n) is 5.01. The monoisotopic (exact) mass is 414 g/mol. The number of hydrogen-bond donors (Lipinski definition) is 1. The van der Waals surface area contributed by atoms with Gasteiger partial charge in [0.2, 0.25) is 0 Å². The lowest BCUT2D eigenvalue weighted by atomic mass is 10.1. The first-order chi connectivity index (χ1) is 13.5. The van der Waals surface area contributed by atoms with Gasteiger partial charge in [-0.2, -0.15) is 0 Å². The lowest BCUT2D eigenvalue weighted by molar-refractivity contribution is -0.119. The molecule has 2 heterocycles. The molecule has 2 saturated heterocycles. The second-order valence-corrected chi connectivity index (χ2v) is 7.72. The lowest BCUT2D eigenvalue weighted by Crippen LogP contribution is -2.38. The largest absolute Gasteiger partial charge is 0.332 e. The summed E-state index contributed by atoms with van der Waals surface area (Å²) in [5.41, 5.74) is 2.04. The first-order valence-corrected chi connectivity index (χ1v) is 9.52. The van der Waals surface area contributed by atoms with Crippen molar-refractivity contribution in [1.82, 2.24) is 10.2 Å². The van der Waals surface area contributed by atoms with Crippen LogP contribution in [0.15, 0.2) is 42.5 Å². The van der Waals surface area contributed by atoms with Gasteiger partial charge in [-0.25, -0.2) is 14.5 Å². The number of urea groups is 1. The van der Waals surface area contributed by atoms with Crippen LogP contribution in [-0.4, -0.2) is 35.5 Å². The maximum Gasteiger partial charge on any atom is 0.332 e. The Balaban J connectivity index is 1.42. The zero-order chi connectivity index (χ0) is 19.8. The number of nitrogens with zero attached hydrogens (tertiary/aromatic N) is 3. The van der Waals surface area contributed by atoms with E-state index in [1.807, 2.05) is 12.1 Å². The van der Waals surface area contributed by atoms with E-state index in [0.29, 0.717) is 40.9 Å². The zero-order valence-corrected chi connectivity index (χ0v) is 16.2. The highest BCUT2D eigenvalue weighted by atomic mass is 35.5. The van der Waals surface area contributed by atoms with E-state index in [1.54, 1.807) is 35.2 Å². The highest BCUT2D eigenvalue weighted by Crippen LogP contribution is 2.34. The van der Waals surface area contributed by atoms with E-state index in [2.05, 4.69) is 10.2 Å². The number of amides is 3. The fraction of sp³-hybridized carbons (Fsp3) is 0.250. The molecule has 2 aromatic carbocycles. The number of anilines is 1. The fourth-order valence-electron chi connectivity index (χ4n) is 3.66. The molecule has 0 unspecified atom stereocenters. The van der Waals surface area contributed by atoms with Crippen LogP contribution in [-0.2, 0) is 11.3 Å². The van der Waals surface area contributed by atoms with Crippen molar-refractivity contribution in [3.63, 3.8) is 0 Å². The molecule has 2 fully saturated rings. The van der Waals surface area contributed by atoms with Crippen molar-refractivity contribution >= 4 is 46.5 Å². The highest BCUT2D eigenvalue weighted by molar-refractivity contribution is 6.35. The van der Waals surface area contributed by atoms with Gasteiger partial charge in [0.05, 0.1) is 12.3 Å². The number of benzene rings is 2. The molecule has 1 N–H and O–H groups in total. The lowest BCUT2D eigenvalue weighted by Gasteiger charge is -2.19. The first-order valence-electron chi connectivity index (χ1n) is 8.76. The SMILES string of the molecule is [C-]#[N+]c1ccc(CN[C@H]2C[C@H]3C(=O)N(c4cc(Cl)cc(Cl)c4)C(=O)N3C2)cc1. The minimum absolute atomic E-state index is 0.0311. The van der Waals surface area contributed by atoms with Crippen molar-refractivity contribution in [2.75, 3.05) is 11.4 Å². The molecule has 0 saturated carbocycles. The minimum atomic E-state index is -0.479. The smallest absolute Gasteiger partial charge is 0.310 e. The molecule has 8 heteroatoms. The van der Waals surface area contributed by atoms with Gasteiger partial charge in [0, 0.05) is 29.2 Å². The van der Waals surface area contributed by atoms with Crippen LogP contribution in [0, 0.1) is 6.57 Å². The predicted molar refractivity (Wildman–Crippen MR) is 108 cm³/mol. The van der Waals surface area contributed by atoms with E-state index in [4.69, 9.17) is 29.8 Å². The van der Waals surface area contributed by atoms with E-state index < -0.39 is 6.04 Å². The molecular weight excluding hydrogens is 399 g/mol. The van der Waals surface area contributed by atoms with Crippen LogP contribution in [0.25, 0.3) is 4.85 Å². The average molecular weight is 415 g/mol. The van der Waals surface area contributed by atoms with Crippen LogP contribution in [0.2, 0.25) is 10.0 Å². The Morgan fingerprint density at radius 1 is 1.11 bits per heavy atom. The van der Waals surface area contributed by atoms with E-state index in [-0.39, 0.29) is 18.0 Å². The Labute approximate surface area is 172 Å². The number of imide groups is 1. The minimum Gasteiger partial charge on any atom is -0.310 e. The number of nitrogens with one attached hydrogen (secondary N) is 1. The van der Waals surface area contributed by atoms with Crippen LogP contribution in [0.5, 0.6) is 0 Å². The molecular formula is C20H16Cl2N4O2. The molecule has 3 amide bonds. The van der Waals surface area contributed by atoms with Crippen LogP contribution < -0.4 is 10.2 Å². The van der Waals surface area contributed by atoms with Crippen LogP contribution in [0.4, 0.5) is 16.2 Å². The molecule has 28 heavy (non-hydrogen) atoms. The van der Waals surface area contributed by atoms with Crippen molar-refractivity contribution in [2.45, 2.75) is 25.0 Å². The van der Waals surface area contributed by atoms with Crippen molar-refractivity contribution in [2.24, 2.45) is 0 Å². The molecule has 2 aromatic rings. The summed E-state index contributed by atoms with van der Waals surface area (Å²) in [6.45, 7) is 8.05. The molecule has 4 rings (SSSR count). The summed E-state index contributed by atoms with van der Waals surface area (Å²) in [6, 6.07) is 11.2. The zero-order valence-electron chi connectivity index (χ0n) is 14.7. The average Bonchev–Trinajstić information content (AvgIpc) is 3.19. The third kappa shape index (κ3) is 3.45. The van der Waals surface area contributed by atoms with Crippen LogP contribution in [0.3, 0.4) is 0 Å². The molecule has 142 valence electrons. The molecule has 0 aromatic heterocycles. The Morgan fingerprint density at radius 3 is 2.39 bits per heavy atom. The van der Waals surface area contributed by atoms with Crippen molar-refractivity contribution in [3.8, 4) is 0 Å². The number of hydrogen-bond acceptors (Lipinski definition) is 3. The molecule has 2 aliphatic heterocycles. The number of halogens is 2. The second kappa shape index (κ2) is 7.44. The first kappa shape index (κ1) is 18.8. The molecule has 2 aliphatic rings. The Morgan fingerprint density at radius 2 is 1.79 bits per heavy atom. The van der Waals surface area contributed by atoms with Crippen molar-refractivity contribution < 1.29 is 9.59 Å². The molecule has 0 bridgehead atoms. The Bertz CT molecular complexity index is 942. The van der Waals surface area contributed by atoms with Crippen LogP contribution >= 0.6 is 23.2 Å². The molecule has 0 spiro atoms. The second-order valence-electron chi connectivity index (χ2n) is 6.84. The summed E-state index contributed by atoms with van der Waals surface area (Å²) >= 11 is 12.0. The van der Waals surface area contributed by atoms with Crippen LogP contribution in [0.1, 0.15) is 12.0 Å². The normalized spacial score (nSPS) is 21.2. The standard InChI is InChI=1S/C20H16Cl2N4O2/c1-23-15-4-2-12(3-5-15)10-24-16-9-18-19(27)26(20(28)25(18)11-16)17-7-13(21)6-14(22)8-17/h2-8,16,18,24H,9-11H2/t16-,18-/m0/s1. The molecule has 2 atom stereocenters. The summed E-state index contributed by atoms with van der Waals surface area (Å²) in [4.78, 5) is 31.8. The van der Waals surface area contributed by atoms with Gasteiger partial charge in [-0.15, -0.1) is 0 Å². The number of carbonyl (C=O) groups excluding carboxylic acids is 2. The molecule has 0 aliphatic carbocycles. The van der Waals surface area contributed by atoms with Gasteiger partial charge < -0.3 is 10.2 Å². The summed E-state index contributed by atoms with van der Waals surface area (Å²) in [5, 5.41) is 4.14. The van der Waals surface area contributed by atoms with E-state index in [1.165, 1.54) is 0 Å². The molecule has 0 radical (unpaired) electrons. The predicted octanol–water partition coefficient (Wildman–Crippen LogP) is 4.24. The van der Waals surface area contributed by atoms with Gasteiger partial charge >= 0.3 is 6.03 Å². The maximum atomic E-state index is 12.8. The molecule has 6 nitrogen and oxygen atoms in total. The third-order valence-corrected chi connectivity index (χ3v) is 5.45. The number of carbonyl (C=O) groups is 2. The van der Waals surface area contributed by atoms with E-state index in [0.717, 1.165) is 10.5 Å². The Hall–Kier alpha value is -2.59. The summed E-state index contributed by atoms with van der Waals surface area (Å²) in [5.74, 6) is -0.256. The van der Waals surface area contributed by atoms with Gasteiger partial charge in [-0.05, 0) is 30.2 Å². The number of fused-ring (bicyclic) bond motifs is 1. The van der Waals surface area contributed by atoms with E-state index >= 15 is 0 Å². The highest BCUT2D eigenvalue weighted by Gasteiger charge is 2.51. The maximum absolute atomic E-state index is 12.8. The summed E-state index contributed by atoms with van der Waals surface area (Å²) < 4.78 is 0. The van der Waals surface area contributed by atoms with Crippen molar-refractivity contribution in [1.29, 1.82) is 0 Å². The number of rotatable bonds is 4. The summed E-state index contributed by atoms with van der Waals surface area (Å²) in [6.07, 6.45) is 0.551. The topological polar surface area (TPSA) is 57.0 Å². The quantitative estimate of drug-likeness (QED) is 0.600. The Kier molecular flexibility index (Phi) is 4.98. The van der Waals surface area contributed by atoms with Gasteiger partial charge in [-0.1, -0.05) is 47.5 Å². The van der Waals surface area contributed by atoms with Gasteiger partial charge in [0.25, 0.3) is 5.91 Å². The van der Waals surface area contributed by atoms with Gasteiger partial charge in [-0.3, -0.25) is 4.79 Å². The van der Waals surface area contributed by atoms with Gasteiger partial charge in [0.1, 0.15) is 6.04 Å². The fourth-order valence-corrected chi connectivity index (χ4v) is 4.17.